The van der Waals surface area contributed by atoms with Crippen LogP contribution in [0.25, 0.3) is 0 Å². The van der Waals surface area contributed by atoms with Crippen LogP contribution >= 0.6 is 0 Å². The highest BCUT2D eigenvalue weighted by atomic mass is 19.1. The lowest BCUT2D eigenvalue weighted by atomic mass is 9.92. The van der Waals surface area contributed by atoms with Gasteiger partial charge in [-0.2, -0.15) is 0 Å². The number of nitrogens with one attached hydrogen (secondary N) is 1. The standard InChI is InChI=1S/C15H14FNO3/c16-10-3-4-13(12(7-10)15(19)20)17-14(18)11-6-8-1-2-9(11)5-8/h1-4,7-9,11H,5-6H2,(H,17,18)(H,19,20). The maximum Gasteiger partial charge on any atom is 0.337 e. The van der Waals surface area contributed by atoms with Gasteiger partial charge in [0.15, 0.2) is 0 Å². The number of amides is 1. The molecule has 0 aliphatic heterocycles. The van der Waals surface area contributed by atoms with Gasteiger partial charge in [-0.25, -0.2) is 9.18 Å². The van der Waals surface area contributed by atoms with E-state index in [-0.39, 0.29) is 29.0 Å². The highest BCUT2D eigenvalue weighted by Crippen LogP contribution is 2.43. The van der Waals surface area contributed by atoms with Gasteiger partial charge in [0.2, 0.25) is 5.91 Å². The third-order valence-corrected chi connectivity index (χ3v) is 4.09. The van der Waals surface area contributed by atoms with Crippen molar-refractivity contribution in [3.8, 4) is 0 Å². The van der Waals surface area contributed by atoms with Crippen LogP contribution in [0, 0.1) is 23.6 Å². The van der Waals surface area contributed by atoms with Crippen molar-refractivity contribution >= 4 is 17.6 Å². The van der Waals surface area contributed by atoms with E-state index in [9.17, 15) is 14.0 Å². The van der Waals surface area contributed by atoms with Gasteiger partial charge < -0.3 is 10.4 Å². The Kier molecular flexibility index (Phi) is 3.04. The van der Waals surface area contributed by atoms with E-state index in [0.717, 1.165) is 25.0 Å². The van der Waals surface area contributed by atoms with E-state index < -0.39 is 11.8 Å². The van der Waals surface area contributed by atoms with Gasteiger partial charge >= 0.3 is 5.97 Å². The Morgan fingerprint density at radius 1 is 1.25 bits per heavy atom. The van der Waals surface area contributed by atoms with Crippen LogP contribution in [0.5, 0.6) is 0 Å². The molecule has 0 heterocycles. The van der Waals surface area contributed by atoms with Crippen LogP contribution in [0.4, 0.5) is 10.1 Å². The van der Waals surface area contributed by atoms with Crippen molar-refractivity contribution < 1.29 is 19.1 Å². The average Bonchev–Trinajstić information content (AvgIpc) is 3.03. The van der Waals surface area contributed by atoms with Gasteiger partial charge in [-0.1, -0.05) is 12.2 Å². The molecule has 1 aromatic carbocycles. The Morgan fingerprint density at radius 2 is 2.05 bits per heavy atom. The molecule has 2 aliphatic carbocycles. The Labute approximate surface area is 115 Å². The minimum Gasteiger partial charge on any atom is -0.478 e. The second kappa shape index (κ2) is 4.74. The quantitative estimate of drug-likeness (QED) is 0.833. The van der Waals surface area contributed by atoms with Crippen LogP contribution in [0.2, 0.25) is 0 Å². The van der Waals surface area contributed by atoms with Crippen LogP contribution in [0.1, 0.15) is 23.2 Å². The molecule has 0 spiro atoms. The van der Waals surface area contributed by atoms with Gasteiger partial charge in [-0.15, -0.1) is 0 Å². The monoisotopic (exact) mass is 275 g/mol. The number of carbonyl (C=O) groups is 2. The topological polar surface area (TPSA) is 66.4 Å². The number of carboxylic acids is 1. The highest BCUT2D eigenvalue weighted by Gasteiger charge is 2.39. The van der Waals surface area contributed by atoms with Crippen LogP contribution in [0.3, 0.4) is 0 Å². The SMILES string of the molecule is O=C(O)c1cc(F)ccc1NC(=O)C1CC2C=CC1C2. The second-order valence-corrected chi connectivity index (χ2v) is 5.37. The molecule has 1 aromatic rings. The fourth-order valence-electron chi connectivity index (χ4n) is 3.11. The molecule has 2 N–H and O–H groups in total. The number of fused-ring (bicyclic) bond motifs is 2. The minimum absolute atomic E-state index is 0.114. The van der Waals surface area contributed by atoms with E-state index in [4.69, 9.17) is 5.11 Å². The smallest absolute Gasteiger partial charge is 0.337 e. The van der Waals surface area contributed by atoms with E-state index in [1.54, 1.807) is 0 Å². The summed E-state index contributed by atoms with van der Waals surface area (Å²) in [6.07, 6.45) is 5.99. The summed E-state index contributed by atoms with van der Waals surface area (Å²) in [5.74, 6) is -1.49. The average molecular weight is 275 g/mol. The molecule has 2 bridgehead atoms. The van der Waals surface area contributed by atoms with E-state index in [1.807, 2.05) is 0 Å². The predicted molar refractivity (Wildman–Crippen MR) is 70.8 cm³/mol. The summed E-state index contributed by atoms with van der Waals surface area (Å²) in [7, 11) is 0. The van der Waals surface area contributed by atoms with Gasteiger partial charge in [0.25, 0.3) is 0 Å². The van der Waals surface area contributed by atoms with Gasteiger partial charge in [0, 0.05) is 5.92 Å². The van der Waals surface area contributed by atoms with Crippen molar-refractivity contribution in [3.63, 3.8) is 0 Å². The Hall–Kier alpha value is -2.17. The van der Waals surface area contributed by atoms with Crippen LogP contribution in [0.15, 0.2) is 30.4 Å². The summed E-state index contributed by atoms with van der Waals surface area (Å²) in [5, 5.41) is 11.7. The largest absolute Gasteiger partial charge is 0.478 e. The maximum atomic E-state index is 13.1. The first-order chi connectivity index (χ1) is 9.54. The summed E-state index contributed by atoms with van der Waals surface area (Å²) >= 11 is 0. The van der Waals surface area contributed by atoms with Crippen molar-refractivity contribution in [2.45, 2.75) is 12.8 Å². The first-order valence-corrected chi connectivity index (χ1v) is 6.56. The van der Waals surface area contributed by atoms with Crippen molar-refractivity contribution in [1.82, 2.24) is 0 Å². The number of halogens is 1. The van der Waals surface area contributed by atoms with E-state index >= 15 is 0 Å². The third kappa shape index (κ3) is 2.19. The lowest BCUT2D eigenvalue weighted by Crippen LogP contribution is -2.26. The van der Waals surface area contributed by atoms with E-state index in [1.165, 1.54) is 6.07 Å². The molecule has 0 saturated heterocycles. The third-order valence-electron chi connectivity index (χ3n) is 4.09. The number of aromatic carboxylic acids is 1. The van der Waals surface area contributed by atoms with Crippen molar-refractivity contribution in [3.05, 3.63) is 41.7 Å². The lowest BCUT2D eigenvalue weighted by Gasteiger charge is -2.18. The summed E-state index contributed by atoms with van der Waals surface area (Å²) < 4.78 is 13.1. The fourth-order valence-corrected chi connectivity index (χ4v) is 3.11. The zero-order chi connectivity index (χ0) is 14.3. The van der Waals surface area contributed by atoms with E-state index in [2.05, 4.69) is 17.5 Å². The molecule has 0 radical (unpaired) electrons. The number of hydrogen-bond acceptors (Lipinski definition) is 2. The number of carboxylic acid groups (broad SMARTS) is 1. The molecule has 104 valence electrons. The Morgan fingerprint density at radius 3 is 2.65 bits per heavy atom. The van der Waals surface area contributed by atoms with Crippen LogP contribution in [-0.4, -0.2) is 17.0 Å². The molecular formula is C15H14FNO3. The molecule has 1 amide bonds. The van der Waals surface area contributed by atoms with Gasteiger partial charge in [-0.3, -0.25) is 4.79 Å². The molecule has 3 unspecified atom stereocenters. The molecule has 3 atom stereocenters. The summed E-state index contributed by atoms with van der Waals surface area (Å²) in [6, 6.07) is 3.35. The molecule has 20 heavy (non-hydrogen) atoms. The molecule has 1 saturated carbocycles. The lowest BCUT2D eigenvalue weighted by molar-refractivity contribution is -0.120. The number of anilines is 1. The zero-order valence-corrected chi connectivity index (χ0v) is 10.7. The molecule has 3 rings (SSSR count). The van der Waals surface area contributed by atoms with Gasteiger partial charge in [0.1, 0.15) is 5.82 Å². The Balaban J connectivity index is 1.79. The number of carbonyl (C=O) groups excluding carboxylic acids is 1. The maximum absolute atomic E-state index is 13.1. The van der Waals surface area contributed by atoms with E-state index in [0.29, 0.717) is 5.92 Å². The van der Waals surface area contributed by atoms with Crippen molar-refractivity contribution in [2.24, 2.45) is 17.8 Å². The highest BCUT2D eigenvalue weighted by molar-refractivity contribution is 6.01. The molecule has 0 aromatic heterocycles. The van der Waals surface area contributed by atoms with Gasteiger partial charge in [-0.05, 0) is 42.9 Å². The molecular weight excluding hydrogens is 261 g/mol. The first-order valence-electron chi connectivity index (χ1n) is 6.56. The van der Waals surface area contributed by atoms with Crippen molar-refractivity contribution in [1.29, 1.82) is 0 Å². The van der Waals surface area contributed by atoms with Crippen molar-refractivity contribution in [2.75, 3.05) is 5.32 Å². The number of hydrogen-bond donors (Lipinski definition) is 2. The first kappa shape index (κ1) is 12.8. The molecule has 1 fully saturated rings. The van der Waals surface area contributed by atoms with Gasteiger partial charge in [0.05, 0.1) is 11.3 Å². The molecule has 2 aliphatic rings. The number of rotatable bonds is 3. The minimum atomic E-state index is -1.26. The molecule has 4 nitrogen and oxygen atoms in total. The Bertz CT molecular complexity index is 611. The summed E-state index contributed by atoms with van der Waals surface area (Å²) in [4.78, 5) is 23.3. The number of allylic oxidation sites excluding steroid dienone is 2. The zero-order valence-electron chi connectivity index (χ0n) is 10.7. The summed E-state index contributed by atoms with van der Waals surface area (Å²) in [5.41, 5.74) is -0.0762. The second-order valence-electron chi connectivity index (χ2n) is 5.37. The number of benzene rings is 1. The van der Waals surface area contributed by atoms with Crippen LogP contribution in [-0.2, 0) is 4.79 Å². The fraction of sp³-hybridized carbons (Fsp3) is 0.333. The predicted octanol–water partition coefficient (Wildman–Crippen LogP) is 2.67. The van der Waals surface area contributed by atoms with Crippen LogP contribution < -0.4 is 5.32 Å². The normalized spacial score (nSPS) is 26.8. The summed E-state index contributed by atoms with van der Waals surface area (Å²) in [6.45, 7) is 0. The molecule has 5 heteroatoms.